The van der Waals surface area contributed by atoms with Gasteiger partial charge in [0, 0.05) is 31.6 Å². The summed E-state index contributed by atoms with van der Waals surface area (Å²) in [6.45, 7) is 9.79. The van der Waals surface area contributed by atoms with Crippen LogP contribution in [0.1, 0.15) is 64.5 Å². The van der Waals surface area contributed by atoms with Gasteiger partial charge in [-0.05, 0) is 35.6 Å². The smallest absolute Gasteiger partial charge is 0.417 e. The van der Waals surface area contributed by atoms with E-state index in [9.17, 15) is 24.3 Å². The number of carbonyl (C=O) groups excluding carboxylic acids is 3. The molecule has 2 aromatic rings. The van der Waals surface area contributed by atoms with Crippen molar-refractivity contribution in [1.82, 2.24) is 10.6 Å². The molecule has 0 radical (unpaired) electrons. The van der Waals surface area contributed by atoms with Crippen LogP contribution in [0.15, 0.2) is 48.5 Å². The van der Waals surface area contributed by atoms with Gasteiger partial charge in [0.2, 0.25) is 0 Å². The molecule has 2 rings (SSSR count). The number of methoxy groups -OCH3 is 1. The van der Waals surface area contributed by atoms with Gasteiger partial charge < -0.3 is 39.4 Å². The molecular weight excluding hydrogens is 596 g/mol. The normalized spacial score (nSPS) is 13.0. The van der Waals surface area contributed by atoms with E-state index in [-0.39, 0.29) is 63.1 Å². The van der Waals surface area contributed by atoms with Crippen LogP contribution >= 0.6 is 0 Å². The molecule has 0 amide bonds. The zero-order chi connectivity index (χ0) is 34.1. The number of carbonyl (C=O) groups is 4. The van der Waals surface area contributed by atoms with Crippen LogP contribution in [-0.2, 0) is 39.8 Å². The molecule has 0 fully saturated rings. The van der Waals surface area contributed by atoms with Crippen molar-refractivity contribution in [3.05, 3.63) is 59.7 Å². The monoisotopic (exact) mass is 644 g/mol. The van der Waals surface area contributed by atoms with Crippen LogP contribution in [0.5, 0.6) is 11.5 Å². The molecule has 0 aliphatic carbocycles. The van der Waals surface area contributed by atoms with E-state index in [0.717, 1.165) is 5.56 Å². The largest absolute Gasteiger partial charge is 0.489 e. The van der Waals surface area contributed by atoms with Crippen molar-refractivity contribution in [3.63, 3.8) is 0 Å². The Bertz CT molecular complexity index is 1270. The molecule has 46 heavy (non-hydrogen) atoms. The van der Waals surface area contributed by atoms with Crippen LogP contribution in [0.25, 0.3) is 0 Å². The van der Waals surface area contributed by atoms with Crippen molar-refractivity contribution in [3.8, 4) is 11.5 Å². The maximum atomic E-state index is 12.9. The summed E-state index contributed by atoms with van der Waals surface area (Å²) in [5.74, 6) is -2.95. The lowest BCUT2D eigenvalue weighted by Gasteiger charge is -2.23. The first-order valence-electron chi connectivity index (χ1n) is 15.5. The Labute approximate surface area is 271 Å². The first kappa shape index (κ1) is 38.0. The van der Waals surface area contributed by atoms with E-state index >= 15 is 0 Å². The van der Waals surface area contributed by atoms with E-state index in [4.69, 9.17) is 23.7 Å². The Morgan fingerprint density at radius 3 is 1.76 bits per heavy atom. The highest BCUT2D eigenvalue weighted by atomic mass is 16.6. The van der Waals surface area contributed by atoms with E-state index in [0.29, 0.717) is 23.5 Å². The minimum atomic E-state index is -1.18. The zero-order valence-corrected chi connectivity index (χ0v) is 27.6. The lowest BCUT2D eigenvalue weighted by atomic mass is 9.97. The van der Waals surface area contributed by atoms with Gasteiger partial charge in [0.1, 0.15) is 36.9 Å². The second-order valence-corrected chi connectivity index (χ2v) is 11.5. The summed E-state index contributed by atoms with van der Waals surface area (Å²) in [5, 5.41) is 15.6. The standard InChI is InChI=1S/C34H48N2O10/c1-22(2)35-18-26(20-43-29-13-9-7-11-25(29)15-16-32(39)42-6)45-33(40)34(41)46-27(19-36-23(3)4)21-44-30-14-10-8-12-28(30)24(5)17-31(37)38/h7-14,22-24,26-27,35-36H,15-21H2,1-6H3,(H,37,38). The first-order chi connectivity index (χ1) is 21.9. The van der Waals surface area contributed by atoms with E-state index in [1.807, 2.05) is 39.8 Å². The topological polar surface area (TPSA) is 159 Å². The van der Waals surface area contributed by atoms with Gasteiger partial charge in [-0.25, -0.2) is 9.59 Å². The Morgan fingerprint density at radius 2 is 1.24 bits per heavy atom. The molecule has 0 spiro atoms. The molecule has 3 atom stereocenters. The number of rotatable bonds is 20. The summed E-state index contributed by atoms with van der Waals surface area (Å²) < 4.78 is 27.7. The summed E-state index contributed by atoms with van der Waals surface area (Å²) >= 11 is 0. The van der Waals surface area contributed by atoms with Gasteiger partial charge in [-0.2, -0.15) is 0 Å². The average molecular weight is 645 g/mol. The number of ether oxygens (including phenoxy) is 5. The molecule has 12 nitrogen and oxygen atoms in total. The summed E-state index contributed by atoms with van der Waals surface area (Å²) in [7, 11) is 1.33. The summed E-state index contributed by atoms with van der Waals surface area (Å²) in [4.78, 5) is 48.8. The molecule has 3 N–H and O–H groups in total. The highest BCUT2D eigenvalue weighted by Crippen LogP contribution is 2.29. The van der Waals surface area contributed by atoms with Crippen LogP contribution in [-0.4, -0.2) is 86.7 Å². The molecule has 0 heterocycles. The number of carboxylic acids is 1. The summed E-state index contributed by atoms with van der Waals surface area (Å²) in [6, 6.07) is 14.4. The quantitative estimate of drug-likeness (QED) is 0.109. The summed E-state index contributed by atoms with van der Waals surface area (Å²) in [6.07, 6.45) is -1.17. The van der Waals surface area contributed by atoms with Gasteiger partial charge in [-0.3, -0.25) is 9.59 Å². The SMILES string of the molecule is COC(=O)CCc1ccccc1OCC(CNC(C)C)OC(=O)C(=O)OC(CNC(C)C)COc1ccccc1C(C)CC(=O)O. The van der Waals surface area contributed by atoms with E-state index < -0.39 is 30.1 Å². The minimum absolute atomic E-state index is 0.0548. The van der Waals surface area contributed by atoms with Gasteiger partial charge in [0.05, 0.1) is 13.5 Å². The molecule has 0 aliphatic rings. The van der Waals surface area contributed by atoms with Gasteiger partial charge >= 0.3 is 23.9 Å². The zero-order valence-electron chi connectivity index (χ0n) is 27.6. The predicted octanol–water partition coefficient (Wildman–Crippen LogP) is 3.65. The molecule has 0 aromatic heterocycles. The number of hydrogen-bond acceptors (Lipinski definition) is 11. The van der Waals surface area contributed by atoms with Crippen LogP contribution < -0.4 is 20.1 Å². The fourth-order valence-corrected chi connectivity index (χ4v) is 4.35. The molecular formula is C34H48N2O10. The number of nitrogens with one attached hydrogen (secondary N) is 2. The predicted molar refractivity (Wildman–Crippen MR) is 171 cm³/mol. The molecule has 0 saturated carbocycles. The van der Waals surface area contributed by atoms with Gasteiger partial charge in [-0.15, -0.1) is 0 Å². The highest BCUT2D eigenvalue weighted by molar-refractivity contribution is 6.29. The van der Waals surface area contributed by atoms with E-state index in [2.05, 4.69) is 10.6 Å². The van der Waals surface area contributed by atoms with Crippen LogP contribution in [0.3, 0.4) is 0 Å². The Hall–Kier alpha value is -4.16. The van der Waals surface area contributed by atoms with Crippen LogP contribution in [0.2, 0.25) is 0 Å². The number of carboxylic acid groups (broad SMARTS) is 1. The van der Waals surface area contributed by atoms with Gasteiger partial charge in [0.15, 0.2) is 0 Å². The number of aliphatic carboxylic acids is 1. The molecule has 0 bridgehead atoms. The third-order valence-electron chi connectivity index (χ3n) is 6.80. The fourth-order valence-electron chi connectivity index (χ4n) is 4.35. The van der Waals surface area contributed by atoms with Gasteiger partial charge in [-0.1, -0.05) is 71.0 Å². The Morgan fingerprint density at radius 1 is 0.739 bits per heavy atom. The number of esters is 3. The Balaban J connectivity index is 2.09. The van der Waals surface area contributed by atoms with Crippen molar-refractivity contribution >= 4 is 23.9 Å². The first-order valence-corrected chi connectivity index (χ1v) is 15.5. The number of hydrogen-bond donors (Lipinski definition) is 3. The number of para-hydroxylation sites is 2. The van der Waals surface area contributed by atoms with Crippen molar-refractivity contribution in [2.24, 2.45) is 0 Å². The van der Waals surface area contributed by atoms with Crippen LogP contribution in [0, 0.1) is 0 Å². The third-order valence-corrected chi connectivity index (χ3v) is 6.80. The molecule has 3 unspecified atom stereocenters. The molecule has 12 heteroatoms. The lowest BCUT2D eigenvalue weighted by molar-refractivity contribution is -0.175. The third kappa shape index (κ3) is 14.3. The average Bonchev–Trinajstić information content (AvgIpc) is 3.02. The Kier molecular flexibility index (Phi) is 16.6. The maximum Gasteiger partial charge on any atom is 0.417 e. The molecule has 0 aliphatic heterocycles. The van der Waals surface area contributed by atoms with Crippen molar-refractivity contribution in [2.45, 2.75) is 84.1 Å². The lowest BCUT2D eigenvalue weighted by Crippen LogP contribution is -2.42. The molecule has 0 saturated heterocycles. The van der Waals surface area contributed by atoms with E-state index in [1.54, 1.807) is 43.3 Å². The summed E-state index contributed by atoms with van der Waals surface area (Å²) in [5.41, 5.74) is 1.49. The van der Waals surface area contributed by atoms with E-state index in [1.165, 1.54) is 7.11 Å². The molecule has 2 aromatic carbocycles. The minimum Gasteiger partial charge on any atom is -0.489 e. The highest BCUT2D eigenvalue weighted by Gasteiger charge is 2.27. The second-order valence-electron chi connectivity index (χ2n) is 11.5. The van der Waals surface area contributed by atoms with Crippen molar-refractivity contribution in [1.29, 1.82) is 0 Å². The van der Waals surface area contributed by atoms with Gasteiger partial charge in [0.25, 0.3) is 0 Å². The van der Waals surface area contributed by atoms with Crippen LogP contribution in [0.4, 0.5) is 0 Å². The number of aryl methyl sites for hydroxylation is 1. The van der Waals surface area contributed by atoms with Crippen molar-refractivity contribution < 1.29 is 48.0 Å². The number of benzene rings is 2. The van der Waals surface area contributed by atoms with Crippen molar-refractivity contribution in [2.75, 3.05) is 33.4 Å². The second kappa shape index (κ2) is 20.1. The maximum absolute atomic E-state index is 12.9. The fraction of sp³-hybridized carbons (Fsp3) is 0.529. The molecule has 254 valence electrons.